The van der Waals surface area contributed by atoms with Gasteiger partial charge in [-0.15, -0.1) is 0 Å². The number of likely N-dealkylation sites (tertiary alicyclic amines) is 1. The monoisotopic (exact) mass is 546 g/mol. The third kappa shape index (κ3) is 8.33. The van der Waals surface area contributed by atoms with Crippen molar-refractivity contribution in [2.24, 2.45) is 5.92 Å². The van der Waals surface area contributed by atoms with Crippen LogP contribution in [0.25, 0.3) is 11.0 Å². The van der Waals surface area contributed by atoms with E-state index in [0.717, 1.165) is 79.7 Å². The van der Waals surface area contributed by atoms with E-state index in [2.05, 4.69) is 36.7 Å². The Bertz CT molecular complexity index is 1240. The average molecular weight is 547 g/mol. The van der Waals surface area contributed by atoms with E-state index < -0.39 is 6.09 Å². The molecule has 0 aliphatic carbocycles. The van der Waals surface area contributed by atoms with E-state index in [-0.39, 0.29) is 5.91 Å². The van der Waals surface area contributed by atoms with Crippen molar-refractivity contribution in [2.75, 3.05) is 19.6 Å². The molecule has 1 saturated heterocycles. The predicted molar refractivity (Wildman–Crippen MR) is 161 cm³/mol. The van der Waals surface area contributed by atoms with E-state index in [9.17, 15) is 9.59 Å². The Morgan fingerprint density at radius 2 is 1.73 bits per heavy atom. The number of nitrogens with zero attached hydrogens (tertiary/aromatic N) is 3. The van der Waals surface area contributed by atoms with Crippen molar-refractivity contribution in [1.82, 2.24) is 19.8 Å². The summed E-state index contributed by atoms with van der Waals surface area (Å²) in [7, 11) is 0. The molecule has 0 saturated carbocycles. The van der Waals surface area contributed by atoms with Crippen LogP contribution in [0.2, 0.25) is 0 Å². The molecule has 40 heavy (non-hydrogen) atoms. The second-order valence-corrected chi connectivity index (χ2v) is 11.5. The number of aromatic nitrogens is 2. The number of amides is 2. The Morgan fingerprint density at radius 3 is 2.45 bits per heavy atom. The SMILES string of the molecule is CCCCCCCNC(=O)Oc1ccc(Cc2nc3cc(C(=O)N4CCCCC4)ccc3n2CCC(C)C)cc1. The number of rotatable bonds is 13. The van der Waals surface area contributed by atoms with E-state index in [1.807, 2.05) is 41.3 Å². The van der Waals surface area contributed by atoms with Crippen LogP contribution in [0.4, 0.5) is 4.79 Å². The van der Waals surface area contributed by atoms with E-state index >= 15 is 0 Å². The Hall–Kier alpha value is -3.35. The maximum absolute atomic E-state index is 13.1. The predicted octanol–water partition coefficient (Wildman–Crippen LogP) is 7.36. The standard InChI is InChI=1S/C33H46N4O3/c1-4-5-6-7-9-19-34-33(39)40-28-15-12-26(13-16-28)23-31-35-29-24-27(32(38)36-20-10-8-11-21-36)14-17-30(29)37(31)22-18-25(2)3/h12-17,24-25H,4-11,18-23H2,1-3H3,(H,34,39). The fraction of sp³-hybridized carbons (Fsp3) is 0.545. The topological polar surface area (TPSA) is 76.5 Å². The number of hydrogen-bond donors (Lipinski definition) is 1. The van der Waals surface area contributed by atoms with Crippen LogP contribution in [-0.2, 0) is 13.0 Å². The molecule has 1 aliphatic heterocycles. The summed E-state index contributed by atoms with van der Waals surface area (Å²) < 4.78 is 7.76. The highest BCUT2D eigenvalue weighted by Gasteiger charge is 2.20. The summed E-state index contributed by atoms with van der Waals surface area (Å²) >= 11 is 0. The first-order valence-electron chi connectivity index (χ1n) is 15.3. The molecule has 1 N–H and O–H groups in total. The lowest BCUT2D eigenvalue weighted by molar-refractivity contribution is 0.0724. The first-order chi connectivity index (χ1) is 19.4. The van der Waals surface area contributed by atoms with Crippen molar-refractivity contribution in [3.8, 4) is 5.75 Å². The molecule has 2 aromatic carbocycles. The number of unbranched alkanes of at least 4 members (excludes halogenated alkanes) is 4. The molecule has 216 valence electrons. The lowest BCUT2D eigenvalue weighted by Crippen LogP contribution is -2.35. The number of carbonyl (C=O) groups is 2. The van der Waals surface area contributed by atoms with Crippen molar-refractivity contribution >= 4 is 23.0 Å². The highest BCUT2D eigenvalue weighted by Crippen LogP contribution is 2.24. The third-order valence-electron chi connectivity index (χ3n) is 7.69. The van der Waals surface area contributed by atoms with Gasteiger partial charge < -0.3 is 19.5 Å². The first-order valence-corrected chi connectivity index (χ1v) is 15.3. The van der Waals surface area contributed by atoms with Gasteiger partial charge in [-0.25, -0.2) is 9.78 Å². The molecule has 1 aromatic heterocycles. The van der Waals surface area contributed by atoms with Gasteiger partial charge in [0, 0.05) is 38.2 Å². The minimum atomic E-state index is -0.409. The molecule has 1 aliphatic rings. The molecule has 0 bridgehead atoms. The van der Waals surface area contributed by atoms with E-state index in [4.69, 9.17) is 9.72 Å². The van der Waals surface area contributed by atoms with Gasteiger partial charge in [-0.05, 0) is 73.9 Å². The van der Waals surface area contributed by atoms with Gasteiger partial charge in [0.2, 0.25) is 0 Å². The van der Waals surface area contributed by atoms with Gasteiger partial charge in [0.05, 0.1) is 11.0 Å². The fourth-order valence-electron chi connectivity index (χ4n) is 5.28. The highest BCUT2D eigenvalue weighted by molar-refractivity contribution is 5.97. The van der Waals surface area contributed by atoms with Gasteiger partial charge >= 0.3 is 6.09 Å². The number of imidazole rings is 1. The summed E-state index contributed by atoms with van der Waals surface area (Å²) in [5.41, 5.74) is 3.75. The molecule has 2 amide bonds. The normalized spacial score (nSPS) is 13.7. The van der Waals surface area contributed by atoms with Gasteiger partial charge in [0.1, 0.15) is 11.6 Å². The van der Waals surface area contributed by atoms with Gasteiger partial charge in [-0.2, -0.15) is 0 Å². The minimum absolute atomic E-state index is 0.107. The van der Waals surface area contributed by atoms with Crippen molar-refractivity contribution < 1.29 is 14.3 Å². The molecule has 7 heteroatoms. The van der Waals surface area contributed by atoms with Gasteiger partial charge in [-0.1, -0.05) is 58.6 Å². The number of benzene rings is 2. The maximum Gasteiger partial charge on any atom is 0.412 e. The molecule has 2 heterocycles. The maximum atomic E-state index is 13.1. The Labute approximate surface area is 239 Å². The second-order valence-electron chi connectivity index (χ2n) is 11.5. The number of nitrogens with one attached hydrogen (secondary N) is 1. The summed E-state index contributed by atoms with van der Waals surface area (Å²) in [4.78, 5) is 32.2. The van der Waals surface area contributed by atoms with Gasteiger partial charge in [0.25, 0.3) is 5.91 Å². The van der Waals surface area contributed by atoms with Crippen LogP contribution >= 0.6 is 0 Å². The van der Waals surface area contributed by atoms with Crippen LogP contribution in [0.15, 0.2) is 42.5 Å². The third-order valence-corrected chi connectivity index (χ3v) is 7.69. The molecule has 3 aromatic rings. The number of hydrogen-bond acceptors (Lipinski definition) is 4. The number of ether oxygens (including phenoxy) is 1. The fourth-order valence-corrected chi connectivity index (χ4v) is 5.28. The second kappa shape index (κ2) is 14.9. The smallest absolute Gasteiger partial charge is 0.410 e. The van der Waals surface area contributed by atoms with Crippen LogP contribution in [-0.4, -0.2) is 46.1 Å². The van der Waals surface area contributed by atoms with Gasteiger partial charge in [0.15, 0.2) is 0 Å². The Balaban J connectivity index is 1.43. The van der Waals surface area contributed by atoms with Crippen molar-refractivity contribution in [3.05, 3.63) is 59.4 Å². The largest absolute Gasteiger partial charge is 0.412 e. The number of aryl methyl sites for hydroxylation is 1. The van der Waals surface area contributed by atoms with Crippen molar-refractivity contribution in [1.29, 1.82) is 0 Å². The molecule has 4 rings (SSSR count). The molecule has 7 nitrogen and oxygen atoms in total. The molecule has 1 fully saturated rings. The Morgan fingerprint density at radius 1 is 0.975 bits per heavy atom. The summed E-state index contributed by atoms with van der Waals surface area (Å²) in [6.07, 6.45) is 10.4. The quantitative estimate of drug-likeness (QED) is 0.227. The summed E-state index contributed by atoms with van der Waals surface area (Å²) in [5, 5.41) is 2.84. The first kappa shape index (κ1) is 29.6. The van der Waals surface area contributed by atoms with Gasteiger partial charge in [-0.3, -0.25) is 4.79 Å². The highest BCUT2D eigenvalue weighted by atomic mass is 16.6. The van der Waals surface area contributed by atoms with Crippen LogP contribution in [0, 0.1) is 5.92 Å². The zero-order valence-electron chi connectivity index (χ0n) is 24.6. The zero-order chi connectivity index (χ0) is 28.3. The molecular weight excluding hydrogens is 500 g/mol. The molecule has 0 atom stereocenters. The molecule has 0 spiro atoms. The average Bonchev–Trinajstić information content (AvgIpc) is 3.30. The van der Waals surface area contributed by atoms with E-state index in [1.165, 1.54) is 25.7 Å². The minimum Gasteiger partial charge on any atom is -0.410 e. The van der Waals surface area contributed by atoms with E-state index in [1.54, 1.807) is 0 Å². The zero-order valence-corrected chi connectivity index (χ0v) is 24.6. The summed E-state index contributed by atoms with van der Waals surface area (Å²) in [6.45, 7) is 9.85. The number of carbonyl (C=O) groups excluding carboxylic acids is 2. The van der Waals surface area contributed by atoms with Crippen molar-refractivity contribution in [3.63, 3.8) is 0 Å². The molecule has 0 radical (unpaired) electrons. The molecular formula is C33H46N4O3. The number of fused-ring (bicyclic) bond motifs is 1. The lowest BCUT2D eigenvalue weighted by Gasteiger charge is -2.26. The molecule has 0 unspecified atom stereocenters. The van der Waals surface area contributed by atoms with E-state index in [0.29, 0.717) is 24.6 Å². The Kier molecular flexibility index (Phi) is 11.0. The lowest BCUT2D eigenvalue weighted by atomic mass is 10.1. The number of piperidine rings is 1. The summed E-state index contributed by atoms with van der Waals surface area (Å²) in [5.74, 6) is 2.19. The van der Waals surface area contributed by atoms with Crippen LogP contribution in [0.5, 0.6) is 5.75 Å². The van der Waals surface area contributed by atoms with Crippen molar-refractivity contribution in [2.45, 2.75) is 91.5 Å². The van der Waals surface area contributed by atoms with Crippen LogP contribution in [0.1, 0.15) is 100 Å². The summed E-state index contributed by atoms with van der Waals surface area (Å²) in [6, 6.07) is 13.6. The van der Waals surface area contributed by atoms with Crippen LogP contribution in [0.3, 0.4) is 0 Å². The van der Waals surface area contributed by atoms with Crippen LogP contribution < -0.4 is 10.1 Å².